The second-order valence-corrected chi connectivity index (χ2v) is 21.2. The quantitative estimate of drug-likeness (QED) is 0.169. The van der Waals surface area contributed by atoms with Gasteiger partial charge in [-0.1, -0.05) is 185 Å². The number of unbranched alkanes of at least 4 members (excludes halogenated alkanes) is 1. The van der Waals surface area contributed by atoms with Gasteiger partial charge in [-0.2, -0.15) is 0 Å². The van der Waals surface area contributed by atoms with Crippen molar-refractivity contribution in [3.8, 4) is 0 Å². The second kappa shape index (κ2) is 14.9. The fraction of sp³-hybridized carbons (Fsp3) is 0.593. The molecule has 0 spiro atoms. The second-order valence-electron chi connectivity index (χ2n) is 21.2. The van der Waals surface area contributed by atoms with Gasteiger partial charge in [-0.05, 0) is 136 Å². The summed E-state index contributed by atoms with van der Waals surface area (Å²) < 4.78 is 0. The Hall–Kier alpha value is -2.86. The summed E-state index contributed by atoms with van der Waals surface area (Å²) in [6, 6.07) is 24.4. The summed E-state index contributed by atoms with van der Waals surface area (Å²) in [6.07, 6.45) is 31.5. The third-order valence-corrected chi connectivity index (χ3v) is 16.3. The van der Waals surface area contributed by atoms with E-state index in [-0.39, 0.29) is 27.1 Å². The van der Waals surface area contributed by atoms with Crippen molar-refractivity contribution in [1.82, 2.24) is 0 Å². The van der Waals surface area contributed by atoms with E-state index in [2.05, 4.69) is 172 Å². The minimum absolute atomic E-state index is 0.0861. The molecule has 7 rings (SSSR count). The van der Waals surface area contributed by atoms with Crippen molar-refractivity contribution >= 4 is 0 Å². The molecule has 0 aliphatic heterocycles. The van der Waals surface area contributed by atoms with E-state index in [1.807, 2.05) is 0 Å². The van der Waals surface area contributed by atoms with Crippen molar-refractivity contribution in [2.24, 2.45) is 69.0 Å². The van der Waals surface area contributed by atoms with Crippen LogP contribution in [0, 0.1) is 69.0 Å². The summed E-state index contributed by atoms with van der Waals surface area (Å²) in [7, 11) is 0. The molecular formula is C54H74. The largest absolute Gasteiger partial charge is 0.103 e. The van der Waals surface area contributed by atoms with Crippen molar-refractivity contribution in [2.45, 2.75) is 132 Å². The van der Waals surface area contributed by atoms with Crippen LogP contribution in [0.15, 0.2) is 121 Å². The number of hydrogen-bond donors (Lipinski definition) is 0. The molecule has 0 heteroatoms. The molecule has 54 heavy (non-hydrogen) atoms. The van der Waals surface area contributed by atoms with Crippen molar-refractivity contribution in [3.05, 3.63) is 132 Å². The van der Waals surface area contributed by atoms with Gasteiger partial charge < -0.3 is 0 Å². The van der Waals surface area contributed by atoms with E-state index in [0.717, 1.165) is 12.3 Å². The van der Waals surface area contributed by atoms with E-state index in [1.54, 1.807) is 16.7 Å². The number of benzene rings is 2. The first-order valence-corrected chi connectivity index (χ1v) is 22.2. The maximum Gasteiger partial charge on any atom is 0.0301 e. The topological polar surface area (TPSA) is 0 Å². The van der Waals surface area contributed by atoms with E-state index in [0.29, 0.717) is 41.4 Å². The third-order valence-electron chi connectivity index (χ3n) is 16.3. The van der Waals surface area contributed by atoms with Gasteiger partial charge in [-0.15, -0.1) is 6.58 Å². The first kappa shape index (κ1) is 39.4. The van der Waals surface area contributed by atoms with Crippen LogP contribution in [0.25, 0.3) is 0 Å². The van der Waals surface area contributed by atoms with Crippen LogP contribution in [0.1, 0.15) is 138 Å². The molecule has 3 fully saturated rings. The highest BCUT2D eigenvalue weighted by Crippen LogP contribution is 2.75. The van der Waals surface area contributed by atoms with Crippen LogP contribution in [0.3, 0.4) is 0 Å². The molecule has 0 bridgehead atoms. The van der Waals surface area contributed by atoms with Gasteiger partial charge in [-0.3, -0.25) is 0 Å². The molecule has 0 heterocycles. The Bertz CT molecular complexity index is 1690. The van der Waals surface area contributed by atoms with E-state index < -0.39 is 0 Å². The lowest BCUT2D eigenvalue weighted by molar-refractivity contribution is -0.130. The fourth-order valence-electron chi connectivity index (χ4n) is 13.7. The van der Waals surface area contributed by atoms with Gasteiger partial charge in [0, 0.05) is 5.41 Å². The lowest BCUT2D eigenvalue weighted by Gasteiger charge is -2.69. The zero-order chi connectivity index (χ0) is 38.5. The zero-order valence-corrected chi connectivity index (χ0v) is 35.7. The zero-order valence-electron chi connectivity index (χ0n) is 35.7. The molecule has 5 aliphatic rings. The molecule has 290 valence electrons. The van der Waals surface area contributed by atoms with E-state index in [1.165, 1.54) is 63.4 Å². The minimum Gasteiger partial charge on any atom is -0.103 e. The maximum atomic E-state index is 4.11. The number of allylic oxidation sites excluding steroid dienone is 9. The van der Waals surface area contributed by atoms with Gasteiger partial charge in [-0.25, -0.2) is 0 Å². The van der Waals surface area contributed by atoms with Crippen molar-refractivity contribution in [2.75, 3.05) is 0 Å². The van der Waals surface area contributed by atoms with Crippen LogP contribution in [-0.4, -0.2) is 0 Å². The van der Waals surface area contributed by atoms with Gasteiger partial charge in [0.1, 0.15) is 0 Å². The predicted octanol–water partition coefficient (Wildman–Crippen LogP) is 15.1. The highest BCUT2D eigenvalue weighted by Gasteiger charge is 2.70. The highest BCUT2D eigenvalue weighted by molar-refractivity contribution is 5.49. The lowest BCUT2D eigenvalue weighted by atomic mass is 9.34. The van der Waals surface area contributed by atoms with Crippen LogP contribution in [0.4, 0.5) is 0 Å². The van der Waals surface area contributed by atoms with Crippen molar-refractivity contribution < 1.29 is 0 Å². The molecule has 8 unspecified atom stereocenters. The Morgan fingerprint density at radius 1 is 0.741 bits per heavy atom. The Labute approximate surface area is 331 Å². The summed E-state index contributed by atoms with van der Waals surface area (Å²) in [5.41, 5.74) is 6.46. The van der Waals surface area contributed by atoms with Gasteiger partial charge in [0.15, 0.2) is 0 Å². The summed E-state index contributed by atoms with van der Waals surface area (Å²) in [5, 5.41) is 0. The first-order valence-electron chi connectivity index (χ1n) is 22.2. The number of fused-ring (bicyclic) bond motifs is 3. The molecular weight excluding hydrogens is 649 g/mol. The normalized spacial score (nSPS) is 33.0. The van der Waals surface area contributed by atoms with E-state index in [9.17, 15) is 0 Å². The molecule has 3 saturated carbocycles. The van der Waals surface area contributed by atoms with Crippen molar-refractivity contribution in [3.63, 3.8) is 0 Å². The maximum absolute atomic E-state index is 4.11. The van der Waals surface area contributed by atoms with Crippen LogP contribution in [0.5, 0.6) is 0 Å². The molecule has 5 aliphatic carbocycles. The fourth-order valence-corrected chi connectivity index (χ4v) is 13.7. The molecule has 2 aromatic carbocycles. The average Bonchev–Trinajstić information content (AvgIpc) is 3.86. The molecule has 0 aromatic heterocycles. The molecule has 0 saturated heterocycles. The van der Waals surface area contributed by atoms with Crippen LogP contribution in [0.2, 0.25) is 0 Å². The monoisotopic (exact) mass is 723 g/mol. The lowest BCUT2D eigenvalue weighted by Crippen LogP contribution is -2.66. The average molecular weight is 723 g/mol. The van der Waals surface area contributed by atoms with E-state index in [4.69, 9.17) is 0 Å². The molecule has 0 nitrogen and oxygen atoms in total. The van der Waals surface area contributed by atoms with Crippen molar-refractivity contribution in [1.29, 1.82) is 0 Å². The van der Waals surface area contributed by atoms with Gasteiger partial charge in [0.25, 0.3) is 0 Å². The standard InChI is InChI=1S/C54H74/c1-11-12-15-22-39-33-34-53(37-39,38(2)3)54(41-25-16-13-17-26-41,42-27-18-14-19-28-42)49-47-35-43(50(4,5)6)29-31-45(47)46-32-30-44(51(7,8)9)36-48(46)52(49,10)40-23-20-21-24-40/h11,13-14,16-19,25-32,35-36,38-40,45-49H,1,12,15,20-24,33-34,37H2,2-10H3. The Kier molecular flexibility index (Phi) is 10.9. The summed E-state index contributed by atoms with van der Waals surface area (Å²) in [6.45, 7) is 26.9. The summed E-state index contributed by atoms with van der Waals surface area (Å²) in [5.74, 6) is 4.29. The number of rotatable bonds is 10. The summed E-state index contributed by atoms with van der Waals surface area (Å²) >= 11 is 0. The van der Waals surface area contributed by atoms with Crippen LogP contribution in [-0.2, 0) is 5.41 Å². The molecule has 2 aromatic rings. The molecule has 0 N–H and O–H groups in total. The molecule has 8 atom stereocenters. The highest BCUT2D eigenvalue weighted by atomic mass is 14.7. The van der Waals surface area contributed by atoms with Gasteiger partial charge in [0.05, 0.1) is 0 Å². The first-order chi connectivity index (χ1) is 25.7. The minimum atomic E-state index is -0.177. The van der Waals surface area contributed by atoms with Crippen LogP contribution < -0.4 is 0 Å². The SMILES string of the molecule is C=CCCCC1CCC(C(C)C)(C(c2ccccc2)(c2ccccc2)C2C3C=C(C(C)(C)C)C=CC3C3C=CC(C(C)(C)C)=CC3C2(C)C2CCCC2)C1. The summed E-state index contributed by atoms with van der Waals surface area (Å²) in [4.78, 5) is 0. The Balaban J connectivity index is 1.62. The molecule has 0 radical (unpaired) electrons. The number of hydrogen-bond acceptors (Lipinski definition) is 0. The Morgan fingerprint density at radius 3 is 1.83 bits per heavy atom. The predicted molar refractivity (Wildman–Crippen MR) is 233 cm³/mol. The smallest absolute Gasteiger partial charge is 0.0301 e. The van der Waals surface area contributed by atoms with Gasteiger partial charge >= 0.3 is 0 Å². The van der Waals surface area contributed by atoms with E-state index >= 15 is 0 Å². The third kappa shape index (κ3) is 6.42. The van der Waals surface area contributed by atoms with Gasteiger partial charge in [0.2, 0.25) is 0 Å². The van der Waals surface area contributed by atoms with Crippen LogP contribution >= 0.6 is 0 Å². The molecule has 0 amide bonds. The Morgan fingerprint density at radius 2 is 1.30 bits per heavy atom.